The molecular weight excluding hydrogens is 306 g/mol. The molecule has 3 N–H and O–H groups in total. The highest BCUT2D eigenvalue weighted by Crippen LogP contribution is 2.20. The van der Waals surface area contributed by atoms with Crippen LogP contribution in [0, 0.1) is 35.0 Å². The van der Waals surface area contributed by atoms with Crippen LogP contribution in [-0.2, 0) is 0 Å². The molecule has 0 unspecified atom stereocenters. The summed E-state index contributed by atoms with van der Waals surface area (Å²) in [6, 6.07) is 12.6. The van der Waals surface area contributed by atoms with Crippen molar-refractivity contribution in [3.05, 3.63) is 52.8 Å². The van der Waals surface area contributed by atoms with Crippen LogP contribution in [0.25, 0.3) is 22.6 Å². The fraction of sp³-hybridized carbons (Fsp3) is 0.0625. The Bertz CT molecular complexity index is 1090. The number of aryl methyl sites for hydroxylation is 1. The summed E-state index contributed by atoms with van der Waals surface area (Å²) in [6.07, 6.45) is 0. The number of rotatable bonds is 2. The molecule has 1 aromatic carbocycles. The van der Waals surface area contributed by atoms with E-state index < -0.39 is 0 Å². The molecule has 0 atom stereocenters. The van der Waals surface area contributed by atoms with Gasteiger partial charge < -0.3 is 10.2 Å². The van der Waals surface area contributed by atoms with Crippen LogP contribution in [0.1, 0.15) is 11.4 Å². The van der Waals surface area contributed by atoms with Gasteiger partial charge in [-0.2, -0.15) is 20.3 Å². The molecular formula is C16H11N7O. The summed E-state index contributed by atoms with van der Waals surface area (Å²) < 4.78 is 7.07. The number of hydrogen-bond donors (Lipinski definition) is 2. The van der Waals surface area contributed by atoms with Gasteiger partial charge in [-0.25, -0.2) is 4.98 Å². The van der Waals surface area contributed by atoms with E-state index in [1.807, 2.05) is 30.3 Å². The van der Waals surface area contributed by atoms with Gasteiger partial charge in [-0.05, 0) is 19.1 Å². The van der Waals surface area contributed by atoms with Gasteiger partial charge in [-0.15, -0.1) is 0 Å². The van der Waals surface area contributed by atoms with E-state index >= 15 is 0 Å². The molecule has 8 nitrogen and oxygen atoms in total. The largest absolute Gasteiger partial charge is 0.416 e. The molecule has 0 spiro atoms. The predicted molar refractivity (Wildman–Crippen MR) is 84.1 cm³/mol. The van der Waals surface area contributed by atoms with E-state index in [1.165, 1.54) is 4.68 Å². The number of para-hydroxylation sites is 1. The first-order valence-corrected chi connectivity index (χ1v) is 6.87. The van der Waals surface area contributed by atoms with Crippen molar-refractivity contribution >= 4 is 16.9 Å². The molecule has 24 heavy (non-hydrogen) atoms. The Hall–Kier alpha value is -3.91. The number of nitriles is 2. The summed E-state index contributed by atoms with van der Waals surface area (Å²) in [5, 5.41) is 30.2. The molecule has 0 bridgehead atoms. The Morgan fingerprint density at radius 3 is 2.54 bits per heavy atom. The molecule has 2 aromatic heterocycles. The standard InChI is InChI=1S/C16H11N7O/c1-9-13-16(23(22-9)11-5-3-2-4-6-11)24-15(20)14(21-13)12(19)10(7-17)8-18/h2-6,20H,19H2,1H3. The maximum Gasteiger partial charge on any atom is 0.251 e. The fourth-order valence-corrected chi connectivity index (χ4v) is 2.22. The Labute approximate surface area is 136 Å². The van der Waals surface area contributed by atoms with E-state index in [1.54, 1.807) is 19.1 Å². The Morgan fingerprint density at radius 1 is 1.25 bits per heavy atom. The molecule has 0 saturated carbocycles. The van der Waals surface area contributed by atoms with E-state index in [0.29, 0.717) is 11.2 Å². The average molecular weight is 317 g/mol. The number of aromatic nitrogens is 3. The highest BCUT2D eigenvalue weighted by molar-refractivity contribution is 5.77. The van der Waals surface area contributed by atoms with Crippen molar-refractivity contribution in [3.8, 4) is 17.8 Å². The van der Waals surface area contributed by atoms with Gasteiger partial charge in [0.25, 0.3) is 5.71 Å². The molecule has 3 aromatic rings. The molecule has 0 saturated heterocycles. The molecule has 0 fully saturated rings. The van der Waals surface area contributed by atoms with Gasteiger partial charge in [0.15, 0.2) is 11.3 Å². The first-order chi connectivity index (χ1) is 11.6. The normalized spacial score (nSPS) is 10.1. The number of hydrogen-bond acceptors (Lipinski definition) is 7. The third-order valence-electron chi connectivity index (χ3n) is 3.37. The monoisotopic (exact) mass is 317 g/mol. The predicted octanol–water partition coefficient (Wildman–Crippen LogP) is 1.52. The topological polar surface area (TPSA) is 141 Å². The highest BCUT2D eigenvalue weighted by Gasteiger charge is 2.18. The van der Waals surface area contributed by atoms with Gasteiger partial charge in [-0.1, -0.05) is 18.2 Å². The quantitative estimate of drug-likeness (QED) is 0.686. The summed E-state index contributed by atoms with van der Waals surface area (Å²) in [6.45, 7) is 1.74. The van der Waals surface area contributed by atoms with E-state index in [9.17, 15) is 0 Å². The van der Waals surface area contributed by atoms with E-state index in [-0.39, 0.29) is 28.2 Å². The molecule has 3 rings (SSSR count). The van der Waals surface area contributed by atoms with Gasteiger partial charge in [0.2, 0.25) is 5.55 Å². The van der Waals surface area contributed by atoms with E-state index in [0.717, 1.165) is 5.69 Å². The third-order valence-corrected chi connectivity index (χ3v) is 3.37. The smallest absolute Gasteiger partial charge is 0.251 e. The van der Waals surface area contributed by atoms with Crippen molar-refractivity contribution in [1.82, 2.24) is 14.8 Å². The lowest BCUT2D eigenvalue weighted by atomic mass is 10.2. The maximum absolute atomic E-state index is 8.92. The first-order valence-electron chi connectivity index (χ1n) is 6.87. The lowest BCUT2D eigenvalue weighted by molar-refractivity contribution is 0.503. The number of nitrogens with one attached hydrogen (secondary N) is 1. The number of allylic oxidation sites excluding steroid dienone is 1. The van der Waals surface area contributed by atoms with Crippen molar-refractivity contribution in [1.29, 1.82) is 15.9 Å². The lowest BCUT2D eigenvalue weighted by Crippen LogP contribution is -2.16. The summed E-state index contributed by atoms with van der Waals surface area (Å²) in [5.74, 6) is 0. The molecule has 0 aliphatic carbocycles. The van der Waals surface area contributed by atoms with Crippen molar-refractivity contribution in [2.75, 3.05) is 0 Å². The van der Waals surface area contributed by atoms with Gasteiger partial charge >= 0.3 is 0 Å². The van der Waals surface area contributed by atoms with Crippen LogP contribution in [0.4, 0.5) is 0 Å². The summed E-state index contributed by atoms with van der Waals surface area (Å²) in [7, 11) is 0. The molecule has 0 amide bonds. The Balaban J connectivity index is 2.31. The molecule has 0 aliphatic heterocycles. The van der Waals surface area contributed by atoms with Crippen LogP contribution in [0.3, 0.4) is 0 Å². The molecule has 2 heterocycles. The second-order valence-electron chi connectivity index (χ2n) is 4.89. The molecule has 0 aliphatic rings. The number of nitrogens with zero attached hydrogens (tertiary/aromatic N) is 5. The number of benzene rings is 1. The average Bonchev–Trinajstić information content (AvgIpc) is 2.92. The van der Waals surface area contributed by atoms with Crippen LogP contribution in [-0.4, -0.2) is 14.8 Å². The van der Waals surface area contributed by atoms with E-state index in [2.05, 4.69) is 10.1 Å². The van der Waals surface area contributed by atoms with Crippen molar-refractivity contribution in [2.24, 2.45) is 5.73 Å². The minimum atomic E-state index is -0.347. The Kier molecular flexibility index (Phi) is 3.57. The zero-order valence-corrected chi connectivity index (χ0v) is 12.6. The molecule has 0 radical (unpaired) electrons. The van der Waals surface area contributed by atoms with Crippen LogP contribution in [0.2, 0.25) is 0 Å². The Morgan fingerprint density at radius 2 is 1.92 bits per heavy atom. The summed E-state index contributed by atoms with van der Waals surface area (Å²) in [4.78, 5) is 4.29. The minimum Gasteiger partial charge on any atom is -0.416 e. The van der Waals surface area contributed by atoms with Gasteiger partial charge in [0.05, 0.1) is 17.1 Å². The summed E-state index contributed by atoms with van der Waals surface area (Å²) >= 11 is 0. The van der Waals surface area contributed by atoms with Crippen LogP contribution in [0.15, 0.2) is 40.3 Å². The fourth-order valence-electron chi connectivity index (χ4n) is 2.22. The minimum absolute atomic E-state index is 0.0590. The van der Waals surface area contributed by atoms with Gasteiger partial charge in [0, 0.05) is 0 Å². The zero-order chi connectivity index (χ0) is 17.3. The van der Waals surface area contributed by atoms with Crippen molar-refractivity contribution in [3.63, 3.8) is 0 Å². The van der Waals surface area contributed by atoms with Crippen LogP contribution >= 0.6 is 0 Å². The van der Waals surface area contributed by atoms with Gasteiger partial charge in [-0.3, -0.25) is 5.41 Å². The van der Waals surface area contributed by atoms with Crippen molar-refractivity contribution < 1.29 is 4.42 Å². The maximum atomic E-state index is 8.92. The van der Waals surface area contributed by atoms with E-state index in [4.69, 9.17) is 26.1 Å². The number of fused-ring (bicyclic) bond motifs is 1. The second-order valence-corrected chi connectivity index (χ2v) is 4.89. The van der Waals surface area contributed by atoms with Crippen molar-refractivity contribution in [2.45, 2.75) is 6.92 Å². The van der Waals surface area contributed by atoms with Crippen LogP contribution in [0.5, 0.6) is 0 Å². The first kappa shape index (κ1) is 15.0. The number of nitrogens with two attached hydrogens (primary N) is 1. The van der Waals surface area contributed by atoms with Gasteiger partial charge in [0.1, 0.15) is 17.7 Å². The lowest BCUT2D eigenvalue weighted by Gasteiger charge is -2.03. The van der Waals surface area contributed by atoms with Crippen LogP contribution < -0.4 is 11.3 Å². The SMILES string of the molecule is Cc1nn(-c2ccccc2)c2oc(=N)c(C(N)=C(C#N)C#N)nc12. The second kappa shape index (κ2) is 5.71. The highest BCUT2D eigenvalue weighted by atomic mass is 16.3. The summed E-state index contributed by atoms with van der Waals surface area (Å²) in [5.41, 5.74) is 6.89. The molecule has 116 valence electrons. The third kappa shape index (κ3) is 2.28. The molecule has 8 heteroatoms. The zero-order valence-electron chi connectivity index (χ0n) is 12.6.